The Labute approximate surface area is 173 Å². The molecule has 0 aliphatic carbocycles. The van der Waals surface area contributed by atoms with Gasteiger partial charge in [0, 0.05) is 36.7 Å². The average molecular weight is 397 g/mol. The van der Waals surface area contributed by atoms with Crippen LogP contribution in [-0.4, -0.2) is 46.5 Å². The van der Waals surface area contributed by atoms with Crippen molar-refractivity contribution in [3.63, 3.8) is 0 Å². The molecule has 4 atom stereocenters. The summed E-state index contributed by atoms with van der Waals surface area (Å²) >= 11 is 0. The molecule has 1 amide bonds. The molecule has 5 heterocycles. The van der Waals surface area contributed by atoms with Crippen LogP contribution in [-0.2, 0) is 4.79 Å². The summed E-state index contributed by atoms with van der Waals surface area (Å²) in [6, 6.07) is 6.38. The van der Waals surface area contributed by atoms with Crippen molar-refractivity contribution in [3.05, 3.63) is 36.0 Å². The Balaban J connectivity index is 1.44. The zero-order valence-corrected chi connectivity index (χ0v) is 17.7. The number of fused-ring (bicyclic) bond motifs is 3. The summed E-state index contributed by atoms with van der Waals surface area (Å²) in [6.45, 7) is 9.01. The summed E-state index contributed by atoms with van der Waals surface area (Å²) in [5.41, 5.74) is 1.99. The second kappa shape index (κ2) is 8.66. The van der Waals surface area contributed by atoms with E-state index in [9.17, 15) is 4.79 Å². The highest BCUT2D eigenvalue weighted by atomic mass is 16.3. The van der Waals surface area contributed by atoms with Gasteiger partial charge in [-0.3, -0.25) is 9.69 Å². The van der Waals surface area contributed by atoms with E-state index in [0.717, 1.165) is 61.9 Å². The largest absolute Gasteiger partial charge is 0.463 e. The van der Waals surface area contributed by atoms with Crippen molar-refractivity contribution < 1.29 is 9.21 Å². The van der Waals surface area contributed by atoms with Crippen LogP contribution in [0.15, 0.2) is 28.9 Å². The Kier molecular flexibility index (Phi) is 5.99. The summed E-state index contributed by atoms with van der Waals surface area (Å²) in [4.78, 5) is 24.3. The lowest BCUT2D eigenvalue weighted by molar-refractivity contribution is -0.125. The molecule has 0 saturated carbocycles. The molecule has 0 spiro atoms. The van der Waals surface area contributed by atoms with E-state index in [4.69, 9.17) is 9.40 Å². The van der Waals surface area contributed by atoms with Gasteiger partial charge in [-0.25, -0.2) is 9.97 Å². The number of hydrogen-bond acceptors (Lipinski definition) is 5. The molecule has 1 unspecified atom stereocenters. The molecule has 156 valence electrons. The van der Waals surface area contributed by atoms with E-state index in [1.165, 1.54) is 6.42 Å². The SMILES string of the molecule is CCC(CC)C(=O)NC[C@H]1C[C@H]2CCN1C[C@@H]2c1cc(-c2ccco2)nc(C)n1. The molecule has 29 heavy (non-hydrogen) atoms. The third-order valence-corrected chi connectivity index (χ3v) is 6.76. The lowest BCUT2D eigenvalue weighted by Crippen LogP contribution is -2.56. The maximum atomic E-state index is 12.4. The van der Waals surface area contributed by atoms with E-state index in [-0.39, 0.29) is 11.8 Å². The van der Waals surface area contributed by atoms with Crippen molar-refractivity contribution in [1.82, 2.24) is 20.2 Å². The molecule has 0 radical (unpaired) electrons. The van der Waals surface area contributed by atoms with Gasteiger partial charge in [0.1, 0.15) is 11.5 Å². The first kappa shape index (κ1) is 20.1. The molecule has 6 heteroatoms. The van der Waals surface area contributed by atoms with Crippen molar-refractivity contribution in [2.24, 2.45) is 11.8 Å². The molecular formula is C23H32N4O2. The van der Waals surface area contributed by atoms with Crippen molar-refractivity contribution >= 4 is 5.91 Å². The van der Waals surface area contributed by atoms with Crippen molar-refractivity contribution in [3.8, 4) is 11.5 Å². The average Bonchev–Trinajstić information content (AvgIpc) is 3.28. The molecule has 3 fully saturated rings. The van der Waals surface area contributed by atoms with Crippen LogP contribution in [0.1, 0.15) is 57.0 Å². The third kappa shape index (κ3) is 4.22. The fraction of sp³-hybridized carbons (Fsp3) is 0.609. The summed E-state index contributed by atoms with van der Waals surface area (Å²) in [5.74, 6) is 2.96. The summed E-state index contributed by atoms with van der Waals surface area (Å²) in [5, 5.41) is 3.21. The zero-order valence-electron chi connectivity index (χ0n) is 17.7. The fourth-order valence-electron chi connectivity index (χ4n) is 5.04. The number of carbonyl (C=O) groups excluding carboxylic acids is 1. The predicted octanol–water partition coefficient (Wildman–Crippen LogP) is 3.78. The number of carbonyl (C=O) groups is 1. The van der Waals surface area contributed by atoms with E-state index in [0.29, 0.717) is 17.9 Å². The van der Waals surface area contributed by atoms with Crippen molar-refractivity contribution in [1.29, 1.82) is 0 Å². The van der Waals surface area contributed by atoms with Crippen LogP contribution in [0.2, 0.25) is 0 Å². The number of nitrogens with zero attached hydrogens (tertiary/aromatic N) is 3. The van der Waals surface area contributed by atoms with Crippen LogP contribution in [0, 0.1) is 18.8 Å². The summed E-state index contributed by atoms with van der Waals surface area (Å²) in [7, 11) is 0. The minimum Gasteiger partial charge on any atom is -0.463 e. The van der Waals surface area contributed by atoms with Crippen LogP contribution in [0.4, 0.5) is 0 Å². The molecule has 3 aliphatic rings. The quantitative estimate of drug-likeness (QED) is 0.771. The van der Waals surface area contributed by atoms with Gasteiger partial charge in [-0.05, 0) is 63.3 Å². The van der Waals surface area contributed by atoms with Gasteiger partial charge in [-0.1, -0.05) is 13.8 Å². The van der Waals surface area contributed by atoms with Gasteiger partial charge in [0.15, 0.2) is 5.76 Å². The fourth-order valence-corrected chi connectivity index (χ4v) is 5.04. The highest BCUT2D eigenvalue weighted by Crippen LogP contribution is 2.41. The Morgan fingerprint density at radius 1 is 1.34 bits per heavy atom. The second-order valence-electron chi connectivity index (χ2n) is 8.50. The van der Waals surface area contributed by atoms with Gasteiger partial charge >= 0.3 is 0 Å². The highest BCUT2D eigenvalue weighted by molar-refractivity contribution is 5.78. The smallest absolute Gasteiger partial charge is 0.223 e. The first-order valence-electron chi connectivity index (χ1n) is 11.0. The molecular weight excluding hydrogens is 364 g/mol. The molecule has 2 bridgehead atoms. The van der Waals surface area contributed by atoms with Crippen LogP contribution in [0.25, 0.3) is 11.5 Å². The monoisotopic (exact) mass is 396 g/mol. The van der Waals surface area contributed by atoms with E-state index < -0.39 is 0 Å². The number of amides is 1. The van der Waals surface area contributed by atoms with Gasteiger partial charge in [0.2, 0.25) is 5.91 Å². The summed E-state index contributed by atoms with van der Waals surface area (Å²) < 4.78 is 5.55. The van der Waals surface area contributed by atoms with Gasteiger partial charge < -0.3 is 9.73 Å². The summed E-state index contributed by atoms with van der Waals surface area (Å²) in [6.07, 6.45) is 5.81. The number of nitrogens with one attached hydrogen (secondary N) is 1. The Hall–Kier alpha value is -2.21. The maximum Gasteiger partial charge on any atom is 0.223 e. The number of aryl methyl sites for hydroxylation is 1. The topological polar surface area (TPSA) is 71.3 Å². The van der Waals surface area contributed by atoms with Gasteiger partial charge in [-0.15, -0.1) is 0 Å². The molecule has 3 saturated heterocycles. The Morgan fingerprint density at radius 2 is 2.17 bits per heavy atom. The predicted molar refractivity (Wildman–Crippen MR) is 112 cm³/mol. The molecule has 6 nitrogen and oxygen atoms in total. The number of piperidine rings is 3. The van der Waals surface area contributed by atoms with Crippen LogP contribution >= 0.6 is 0 Å². The lowest BCUT2D eigenvalue weighted by Gasteiger charge is -2.49. The third-order valence-electron chi connectivity index (χ3n) is 6.76. The second-order valence-corrected chi connectivity index (χ2v) is 8.50. The molecule has 2 aromatic rings. The van der Waals surface area contributed by atoms with E-state index in [1.54, 1.807) is 6.26 Å². The molecule has 5 rings (SSSR count). The van der Waals surface area contributed by atoms with E-state index in [1.807, 2.05) is 19.1 Å². The minimum atomic E-state index is 0.141. The van der Waals surface area contributed by atoms with Crippen molar-refractivity contribution in [2.45, 2.75) is 58.4 Å². The van der Waals surface area contributed by atoms with Crippen molar-refractivity contribution in [2.75, 3.05) is 19.6 Å². The van der Waals surface area contributed by atoms with Crippen LogP contribution in [0.5, 0.6) is 0 Å². The van der Waals surface area contributed by atoms with E-state index >= 15 is 0 Å². The standard InChI is InChI=1S/C23H32N4O2/c1-4-16(5-2)23(28)24-13-18-11-17-8-9-27(18)14-19(17)20-12-21(26-15(3)25-20)22-7-6-10-29-22/h6-7,10,12,16-19H,4-5,8-9,11,13-14H2,1-3H3,(H,24,28)/t17-,18-,19+/m1/s1. The zero-order chi connectivity index (χ0) is 20.4. The number of rotatable bonds is 7. The normalized spacial score (nSPS) is 26.1. The lowest BCUT2D eigenvalue weighted by atomic mass is 9.74. The maximum absolute atomic E-state index is 12.4. The first-order valence-corrected chi connectivity index (χ1v) is 11.0. The molecule has 3 aliphatic heterocycles. The Morgan fingerprint density at radius 3 is 2.83 bits per heavy atom. The van der Waals surface area contributed by atoms with Crippen LogP contribution in [0.3, 0.4) is 0 Å². The van der Waals surface area contributed by atoms with Gasteiger partial charge in [0.25, 0.3) is 0 Å². The minimum absolute atomic E-state index is 0.141. The highest BCUT2D eigenvalue weighted by Gasteiger charge is 2.41. The number of hydrogen-bond donors (Lipinski definition) is 1. The molecule has 1 N–H and O–H groups in total. The van der Waals surface area contributed by atoms with Crippen LogP contribution < -0.4 is 5.32 Å². The number of furan rings is 1. The van der Waals surface area contributed by atoms with E-state index in [2.05, 4.69) is 35.1 Å². The molecule has 0 aromatic carbocycles. The van der Waals surface area contributed by atoms with Gasteiger partial charge in [-0.2, -0.15) is 0 Å². The number of aromatic nitrogens is 2. The van der Waals surface area contributed by atoms with Gasteiger partial charge in [0.05, 0.1) is 6.26 Å². The first-order chi connectivity index (χ1) is 14.1. The Bertz CT molecular complexity index is 831. The molecule has 2 aromatic heterocycles.